The molecule has 1 aliphatic rings. The normalized spacial score (nSPS) is 22.3. The van der Waals surface area contributed by atoms with Gasteiger partial charge < -0.3 is 5.32 Å². The van der Waals surface area contributed by atoms with E-state index in [0.29, 0.717) is 5.92 Å². The van der Waals surface area contributed by atoms with E-state index in [1.807, 2.05) is 0 Å². The van der Waals surface area contributed by atoms with E-state index in [-0.39, 0.29) is 28.2 Å². The quantitative estimate of drug-likeness (QED) is 0.684. The van der Waals surface area contributed by atoms with E-state index in [0.717, 1.165) is 19.3 Å². The summed E-state index contributed by atoms with van der Waals surface area (Å²) in [6.07, 6.45) is 4.22. The molecule has 0 saturated heterocycles. The summed E-state index contributed by atoms with van der Waals surface area (Å²) in [6.45, 7) is 2.17. The van der Waals surface area contributed by atoms with E-state index < -0.39 is 4.92 Å². The van der Waals surface area contributed by atoms with E-state index >= 15 is 0 Å². The highest BCUT2D eigenvalue weighted by Crippen LogP contribution is 2.26. The Labute approximate surface area is 122 Å². The van der Waals surface area contributed by atoms with E-state index in [4.69, 9.17) is 11.6 Å². The lowest BCUT2D eigenvalue weighted by molar-refractivity contribution is -0.384. The molecule has 108 valence electrons. The van der Waals surface area contributed by atoms with Gasteiger partial charge in [-0.25, -0.2) is 0 Å². The Morgan fingerprint density at radius 1 is 1.45 bits per heavy atom. The minimum absolute atomic E-state index is 0.0397. The minimum atomic E-state index is -0.582. The molecule has 1 aliphatic carbocycles. The lowest BCUT2D eigenvalue weighted by Gasteiger charge is -2.27. The van der Waals surface area contributed by atoms with Gasteiger partial charge in [0, 0.05) is 17.7 Å². The monoisotopic (exact) mass is 296 g/mol. The summed E-state index contributed by atoms with van der Waals surface area (Å²) in [5.74, 6) is 0.331. The van der Waals surface area contributed by atoms with E-state index in [9.17, 15) is 14.9 Å². The lowest BCUT2D eigenvalue weighted by atomic mass is 9.87. The van der Waals surface area contributed by atoms with Crippen molar-refractivity contribution in [1.29, 1.82) is 0 Å². The molecule has 0 heterocycles. The van der Waals surface area contributed by atoms with Crippen LogP contribution in [0.3, 0.4) is 0 Å². The van der Waals surface area contributed by atoms with Crippen molar-refractivity contribution in [3.8, 4) is 0 Å². The van der Waals surface area contributed by atoms with Gasteiger partial charge in [0.25, 0.3) is 11.6 Å². The first-order chi connectivity index (χ1) is 9.47. The summed E-state index contributed by atoms with van der Waals surface area (Å²) in [6, 6.07) is 4.28. The van der Waals surface area contributed by atoms with Crippen molar-refractivity contribution in [3.63, 3.8) is 0 Å². The molecule has 0 radical (unpaired) electrons. The third-order valence-corrected chi connectivity index (χ3v) is 4.00. The molecule has 1 aromatic carbocycles. The van der Waals surface area contributed by atoms with E-state index in [2.05, 4.69) is 12.2 Å². The number of rotatable bonds is 3. The molecular weight excluding hydrogens is 280 g/mol. The average Bonchev–Trinajstić information content (AvgIpc) is 2.38. The fourth-order valence-corrected chi connectivity index (χ4v) is 2.81. The number of nitro groups is 1. The minimum Gasteiger partial charge on any atom is -0.349 e. The number of carbonyl (C=O) groups is 1. The Hall–Kier alpha value is -1.62. The summed E-state index contributed by atoms with van der Waals surface area (Å²) in [4.78, 5) is 22.4. The molecule has 6 heteroatoms. The van der Waals surface area contributed by atoms with Gasteiger partial charge in [0.2, 0.25) is 0 Å². The molecule has 0 bridgehead atoms. The number of hydrogen-bond donors (Lipinski definition) is 1. The Bertz CT molecular complexity index is 533. The number of halogens is 1. The second-order valence-electron chi connectivity index (χ2n) is 5.37. The summed E-state index contributed by atoms with van der Waals surface area (Å²) in [5.41, 5.74) is 0.0376. The highest BCUT2D eigenvalue weighted by Gasteiger charge is 2.22. The fraction of sp³-hybridized carbons (Fsp3) is 0.500. The van der Waals surface area contributed by atoms with Gasteiger partial charge in [-0.3, -0.25) is 14.9 Å². The number of carbonyl (C=O) groups excluding carboxylic acids is 1. The van der Waals surface area contributed by atoms with Crippen LogP contribution in [0.25, 0.3) is 0 Å². The summed E-state index contributed by atoms with van der Waals surface area (Å²) < 4.78 is 0. The van der Waals surface area contributed by atoms with Gasteiger partial charge >= 0.3 is 0 Å². The van der Waals surface area contributed by atoms with Crippen molar-refractivity contribution < 1.29 is 9.72 Å². The van der Waals surface area contributed by atoms with Crippen LogP contribution in [0.4, 0.5) is 5.69 Å². The number of nitrogens with one attached hydrogen (secondary N) is 1. The second kappa shape index (κ2) is 6.22. The molecule has 0 aliphatic heterocycles. The molecule has 1 amide bonds. The average molecular weight is 297 g/mol. The van der Waals surface area contributed by atoms with Gasteiger partial charge in [0.1, 0.15) is 5.02 Å². The van der Waals surface area contributed by atoms with Crippen LogP contribution in [-0.2, 0) is 0 Å². The van der Waals surface area contributed by atoms with E-state index in [1.54, 1.807) is 0 Å². The van der Waals surface area contributed by atoms with Crippen molar-refractivity contribution in [2.45, 2.75) is 38.6 Å². The Kier molecular flexibility index (Phi) is 4.60. The molecule has 1 aromatic rings. The number of nitrogens with zero attached hydrogens (tertiary/aromatic N) is 1. The van der Waals surface area contributed by atoms with Crippen LogP contribution in [0.1, 0.15) is 43.0 Å². The summed E-state index contributed by atoms with van der Waals surface area (Å²) >= 11 is 5.73. The van der Waals surface area contributed by atoms with Gasteiger partial charge in [-0.2, -0.15) is 0 Å². The summed E-state index contributed by atoms with van der Waals surface area (Å²) in [5, 5.41) is 13.8. The third kappa shape index (κ3) is 3.48. The molecular formula is C14H17ClN2O3. The van der Waals surface area contributed by atoms with Crippen molar-refractivity contribution in [2.24, 2.45) is 5.92 Å². The van der Waals surface area contributed by atoms with Crippen LogP contribution in [0.5, 0.6) is 0 Å². The van der Waals surface area contributed by atoms with Crippen molar-refractivity contribution in [3.05, 3.63) is 38.9 Å². The maximum absolute atomic E-state index is 12.1. The van der Waals surface area contributed by atoms with Gasteiger partial charge in [-0.15, -0.1) is 0 Å². The molecule has 1 fully saturated rings. The first-order valence-corrected chi connectivity index (χ1v) is 7.10. The van der Waals surface area contributed by atoms with Crippen LogP contribution < -0.4 is 5.32 Å². The molecule has 0 aromatic heterocycles. The first kappa shape index (κ1) is 14.8. The Morgan fingerprint density at radius 2 is 2.20 bits per heavy atom. The zero-order chi connectivity index (χ0) is 14.7. The lowest BCUT2D eigenvalue weighted by Crippen LogP contribution is -2.37. The second-order valence-corrected chi connectivity index (χ2v) is 5.77. The molecule has 5 nitrogen and oxygen atoms in total. The SMILES string of the molecule is CC1CCCC(NC(=O)c2ccc(Cl)c([N+](=O)[O-])c2)C1. The van der Waals surface area contributed by atoms with Crippen LogP contribution >= 0.6 is 11.6 Å². The zero-order valence-electron chi connectivity index (χ0n) is 11.3. The topological polar surface area (TPSA) is 72.2 Å². The molecule has 2 unspecified atom stereocenters. The van der Waals surface area contributed by atoms with Crippen molar-refractivity contribution in [1.82, 2.24) is 5.32 Å². The number of hydrogen-bond acceptors (Lipinski definition) is 3. The van der Waals surface area contributed by atoms with Crippen LogP contribution in [0.2, 0.25) is 5.02 Å². The first-order valence-electron chi connectivity index (χ1n) is 6.72. The highest BCUT2D eigenvalue weighted by atomic mass is 35.5. The molecule has 1 N–H and O–H groups in total. The molecule has 20 heavy (non-hydrogen) atoms. The van der Waals surface area contributed by atoms with Gasteiger partial charge in [0.05, 0.1) is 4.92 Å². The summed E-state index contributed by atoms with van der Waals surface area (Å²) in [7, 11) is 0. The number of nitro benzene ring substituents is 1. The Morgan fingerprint density at radius 3 is 2.85 bits per heavy atom. The van der Waals surface area contributed by atoms with Crippen LogP contribution in [-0.4, -0.2) is 16.9 Å². The predicted molar refractivity (Wildman–Crippen MR) is 77.0 cm³/mol. The van der Waals surface area contributed by atoms with Crippen LogP contribution in [0.15, 0.2) is 18.2 Å². The van der Waals surface area contributed by atoms with Gasteiger partial charge in [0.15, 0.2) is 0 Å². The molecule has 0 spiro atoms. The van der Waals surface area contributed by atoms with Crippen molar-refractivity contribution >= 4 is 23.2 Å². The number of benzene rings is 1. The predicted octanol–water partition coefficient (Wildman–Crippen LogP) is 3.56. The molecule has 2 atom stereocenters. The van der Waals surface area contributed by atoms with Gasteiger partial charge in [-0.05, 0) is 30.9 Å². The highest BCUT2D eigenvalue weighted by molar-refractivity contribution is 6.32. The largest absolute Gasteiger partial charge is 0.349 e. The van der Waals surface area contributed by atoms with E-state index in [1.165, 1.54) is 24.6 Å². The van der Waals surface area contributed by atoms with Gasteiger partial charge in [-0.1, -0.05) is 31.4 Å². The molecule has 1 saturated carbocycles. The zero-order valence-corrected chi connectivity index (χ0v) is 12.0. The maximum atomic E-state index is 12.1. The molecule has 2 rings (SSSR count). The Balaban J connectivity index is 2.09. The smallest absolute Gasteiger partial charge is 0.288 e. The number of amides is 1. The maximum Gasteiger partial charge on any atom is 0.288 e. The van der Waals surface area contributed by atoms with Crippen LogP contribution in [0, 0.1) is 16.0 Å². The standard InChI is InChI=1S/C14H17ClN2O3/c1-9-3-2-4-11(7-9)16-14(18)10-5-6-12(15)13(8-10)17(19)20/h5-6,8-9,11H,2-4,7H2,1H3,(H,16,18). The fourth-order valence-electron chi connectivity index (χ4n) is 2.63. The van der Waals surface area contributed by atoms with Crippen molar-refractivity contribution in [2.75, 3.05) is 0 Å². The third-order valence-electron chi connectivity index (χ3n) is 3.68.